The zero-order chi connectivity index (χ0) is 13.1. The lowest BCUT2D eigenvalue weighted by Crippen LogP contribution is -2.25. The van der Waals surface area contributed by atoms with Crippen LogP contribution in [0.1, 0.15) is 49.8 Å². The Morgan fingerprint density at radius 1 is 1.39 bits per heavy atom. The summed E-state index contributed by atoms with van der Waals surface area (Å²) < 4.78 is 0. The first-order chi connectivity index (χ1) is 8.63. The molecule has 0 bridgehead atoms. The van der Waals surface area contributed by atoms with E-state index in [0.717, 1.165) is 31.4 Å². The number of carbonyl (C=O) groups excluding carboxylic acids is 1. The minimum absolute atomic E-state index is 0.115. The molecule has 0 radical (unpaired) electrons. The summed E-state index contributed by atoms with van der Waals surface area (Å²) in [7, 11) is 1.86. The molecule has 1 aliphatic heterocycles. The van der Waals surface area contributed by atoms with Gasteiger partial charge >= 0.3 is 0 Å². The third-order valence-electron chi connectivity index (χ3n) is 3.70. The molecule has 18 heavy (non-hydrogen) atoms. The minimum Gasteiger partial charge on any atom is -0.324 e. The van der Waals surface area contributed by atoms with Gasteiger partial charge in [0.15, 0.2) is 0 Å². The van der Waals surface area contributed by atoms with Gasteiger partial charge in [-0.1, -0.05) is 25.5 Å². The fourth-order valence-electron chi connectivity index (χ4n) is 2.57. The molecular weight excluding hydrogens is 224 g/mol. The lowest BCUT2D eigenvalue weighted by molar-refractivity contribution is -0.118. The standard InChI is InChI=1S/C15H22N2O/c1-3-5-13(16)11-8-9-14-12(10-11)6-4-7-15(18)17(14)2/h8-10,13H,3-7,16H2,1-2H3. The summed E-state index contributed by atoms with van der Waals surface area (Å²) in [5.74, 6) is 0.208. The fourth-order valence-corrected chi connectivity index (χ4v) is 2.57. The summed E-state index contributed by atoms with van der Waals surface area (Å²) in [6.07, 6.45) is 4.65. The Bertz CT molecular complexity index is 442. The molecule has 3 heteroatoms. The number of nitrogens with zero attached hydrogens (tertiary/aromatic N) is 1. The lowest BCUT2D eigenvalue weighted by atomic mass is 9.98. The van der Waals surface area contributed by atoms with Gasteiger partial charge < -0.3 is 10.6 Å². The Kier molecular flexibility index (Phi) is 4.02. The number of amides is 1. The molecule has 1 atom stereocenters. The molecule has 1 aromatic carbocycles. The van der Waals surface area contributed by atoms with Crippen molar-refractivity contribution >= 4 is 11.6 Å². The molecule has 1 aliphatic rings. The zero-order valence-corrected chi connectivity index (χ0v) is 11.3. The predicted molar refractivity (Wildman–Crippen MR) is 74.6 cm³/mol. The summed E-state index contributed by atoms with van der Waals surface area (Å²) in [6.45, 7) is 2.15. The molecule has 0 aromatic heterocycles. The van der Waals surface area contributed by atoms with E-state index >= 15 is 0 Å². The van der Waals surface area contributed by atoms with Crippen LogP contribution >= 0.6 is 0 Å². The van der Waals surface area contributed by atoms with E-state index in [9.17, 15) is 4.79 Å². The molecule has 1 aromatic rings. The van der Waals surface area contributed by atoms with Gasteiger partial charge in [0.25, 0.3) is 0 Å². The van der Waals surface area contributed by atoms with Gasteiger partial charge in [-0.05, 0) is 36.5 Å². The molecule has 3 nitrogen and oxygen atoms in total. The third kappa shape index (κ3) is 2.56. The highest BCUT2D eigenvalue weighted by Crippen LogP contribution is 2.29. The first-order valence-electron chi connectivity index (χ1n) is 6.78. The normalized spacial score (nSPS) is 17.3. The van der Waals surface area contributed by atoms with Crippen molar-refractivity contribution in [3.63, 3.8) is 0 Å². The van der Waals surface area contributed by atoms with Crippen molar-refractivity contribution in [1.82, 2.24) is 0 Å². The average Bonchev–Trinajstić information content (AvgIpc) is 2.50. The van der Waals surface area contributed by atoms with Crippen molar-refractivity contribution in [1.29, 1.82) is 0 Å². The SMILES string of the molecule is CCCC(N)c1ccc2c(c1)CCCC(=O)N2C. The second-order valence-corrected chi connectivity index (χ2v) is 5.09. The van der Waals surface area contributed by atoms with Crippen LogP contribution in [0.4, 0.5) is 5.69 Å². The highest BCUT2D eigenvalue weighted by atomic mass is 16.2. The van der Waals surface area contributed by atoms with Crippen LogP contribution in [0.2, 0.25) is 0 Å². The molecule has 1 unspecified atom stereocenters. The number of anilines is 1. The van der Waals surface area contributed by atoms with Crippen molar-refractivity contribution in [3.8, 4) is 0 Å². The molecule has 2 N–H and O–H groups in total. The van der Waals surface area contributed by atoms with E-state index in [1.165, 1.54) is 11.1 Å². The van der Waals surface area contributed by atoms with E-state index in [4.69, 9.17) is 5.73 Å². The van der Waals surface area contributed by atoms with Crippen molar-refractivity contribution in [3.05, 3.63) is 29.3 Å². The van der Waals surface area contributed by atoms with Gasteiger partial charge in [-0.2, -0.15) is 0 Å². The molecule has 0 aliphatic carbocycles. The smallest absolute Gasteiger partial charge is 0.226 e. The van der Waals surface area contributed by atoms with E-state index < -0.39 is 0 Å². The van der Waals surface area contributed by atoms with Gasteiger partial charge in [0.1, 0.15) is 0 Å². The van der Waals surface area contributed by atoms with Gasteiger partial charge in [-0.15, -0.1) is 0 Å². The fraction of sp³-hybridized carbons (Fsp3) is 0.533. The Morgan fingerprint density at radius 3 is 2.89 bits per heavy atom. The third-order valence-corrected chi connectivity index (χ3v) is 3.70. The Morgan fingerprint density at radius 2 is 2.17 bits per heavy atom. The molecule has 2 rings (SSSR count). The quantitative estimate of drug-likeness (QED) is 0.891. The lowest BCUT2D eigenvalue weighted by Gasteiger charge is -2.19. The first kappa shape index (κ1) is 13.1. The van der Waals surface area contributed by atoms with Crippen LogP contribution in [-0.4, -0.2) is 13.0 Å². The highest BCUT2D eigenvalue weighted by Gasteiger charge is 2.19. The molecule has 0 saturated heterocycles. The number of rotatable bonds is 3. The summed E-state index contributed by atoms with van der Waals surface area (Å²) >= 11 is 0. The maximum atomic E-state index is 11.8. The van der Waals surface area contributed by atoms with Crippen molar-refractivity contribution < 1.29 is 4.79 Å². The number of fused-ring (bicyclic) bond motifs is 1. The van der Waals surface area contributed by atoms with Crippen molar-refractivity contribution in [2.24, 2.45) is 5.73 Å². The Hall–Kier alpha value is -1.35. The van der Waals surface area contributed by atoms with Gasteiger partial charge in [0.05, 0.1) is 0 Å². The van der Waals surface area contributed by atoms with Crippen LogP contribution in [0.5, 0.6) is 0 Å². The van der Waals surface area contributed by atoms with E-state index in [1.54, 1.807) is 4.90 Å². The number of carbonyl (C=O) groups is 1. The first-order valence-corrected chi connectivity index (χ1v) is 6.78. The number of hydrogen-bond donors (Lipinski definition) is 1. The van der Waals surface area contributed by atoms with Crippen molar-refractivity contribution in [2.75, 3.05) is 11.9 Å². The highest BCUT2D eigenvalue weighted by molar-refractivity contribution is 5.94. The van der Waals surface area contributed by atoms with E-state index in [0.29, 0.717) is 6.42 Å². The molecule has 1 amide bonds. The second kappa shape index (κ2) is 5.53. The van der Waals surface area contributed by atoms with E-state index in [-0.39, 0.29) is 11.9 Å². The largest absolute Gasteiger partial charge is 0.324 e. The predicted octanol–water partition coefficient (Wildman–Crippen LogP) is 2.79. The topological polar surface area (TPSA) is 46.3 Å². The molecule has 0 saturated carbocycles. The van der Waals surface area contributed by atoms with Crippen LogP contribution in [-0.2, 0) is 11.2 Å². The minimum atomic E-state index is 0.115. The summed E-state index contributed by atoms with van der Waals surface area (Å²) in [5.41, 5.74) is 9.66. The van der Waals surface area contributed by atoms with Gasteiger partial charge in [0, 0.05) is 25.2 Å². The number of nitrogens with two attached hydrogens (primary N) is 1. The van der Waals surface area contributed by atoms with Crippen LogP contribution in [0.3, 0.4) is 0 Å². The number of aryl methyl sites for hydroxylation is 1. The number of benzene rings is 1. The molecule has 1 heterocycles. The Labute approximate surface area is 109 Å². The molecule has 0 spiro atoms. The van der Waals surface area contributed by atoms with Gasteiger partial charge in [0.2, 0.25) is 5.91 Å². The monoisotopic (exact) mass is 246 g/mol. The van der Waals surface area contributed by atoms with Gasteiger partial charge in [-0.3, -0.25) is 4.79 Å². The van der Waals surface area contributed by atoms with Gasteiger partial charge in [-0.25, -0.2) is 0 Å². The van der Waals surface area contributed by atoms with E-state index in [1.807, 2.05) is 13.1 Å². The summed E-state index contributed by atoms with van der Waals surface area (Å²) in [5, 5.41) is 0. The van der Waals surface area contributed by atoms with E-state index in [2.05, 4.69) is 19.1 Å². The van der Waals surface area contributed by atoms with Crippen LogP contribution in [0.25, 0.3) is 0 Å². The van der Waals surface area contributed by atoms with Crippen LogP contribution in [0, 0.1) is 0 Å². The second-order valence-electron chi connectivity index (χ2n) is 5.09. The van der Waals surface area contributed by atoms with Crippen LogP contribution < -0.4 is 10.6 Å². The molecule has 0 fully saturated rings. The number of hydrogen-bond acceptors (Lipinski definition) is 2. The maximum Gasteiger partial charge on any atom is 0.226 e. The Balaban J connectivity index is 2.31. The van der Waals surface area contributed by atoms with Crippen LogP contribution in [0.15, 0.2) is 18.2 Å². The van der Waals surface area contributed by atoms with Crippen molar-refractivity contribution in [2.45, 2.75) is 45.1 Å². The molecule has 98 valence electrons. The summed E-state index contributed by atoms with van der Waals surface area (Å²) in [4.78, 5) is 13.6. The average molecular weight is 246 g/mol. The maximum absolute atomic E-state index is 11.8. The molecular formula is C15H22N2O. The zero-order valence-electron chi connectivity index (χ0n) is 11.3. The summed E-state index contributed by atoms with van der Waals surface area (Å²) in [6, 6.07) is 6.41.